The molecule has 5 nitrogen and oxygen atoms in total. The number of carbonyl (C=O) groups excluding carboxylic acids is 1. The zero-order chi connectivity index (χ0) is 13.0. The van der Waals surface area contributed by atoms with Crippen LogP contribution in [0, 0.1) is 0 Å². The Balaban J connectivity index is 2.96. The number of para-hydroxylation sites is 1. The van der Waals surface area contributed by atoms with E-state index in [9.17, 15) is 9.90 Å². The SMILES string of the molecule is COc1cccc(C(=O)N(C)CC(C)O)c1N. The molecule has 1 unspecified atom stereocenters. The lowest BCUT2D eigenvalue weighted by molar-refractivity contribution is 0.0704. The highest BCUT2D eigenvalue weighted by molar-refractivity contribution is 6.00. The van der Waals surface area contributed by atoms with Crippen molar-refractivity contribution in [1.29, 1.82) is 0 Å². The van der Waals surface area contributed by atoms with Crippen molar-refractivity contribution in [3.63, 3.8) is 0 Å². The van der Waals surface area contributed by atoms with E-state index >= 15 is 0 Å². The van der Waals surface area contributed by atoms with E-state index in [-0.39, 0.29) is 12.5 Å². The normalized spacial score (nSPS) is 12.0. The van der Waals surface area contributed by atoms with Crippen molar-refractivity contribution in [2.75, 3.05) is 26.4 Å². The summed E-state index contributed by atoms with van der Waals surface area (Å²) < 4.78 is 5.05. The molecule has 0 saturated heterocycles. The van der Waals surface area contributed by atoms with Gasteiger partial charge in [0.15, 0.2) is 0 Å². The lowest BCUT2D eigenvalue weighted by Gasteiger charge is -2.20. The summed E-state index contributed by atoms with van der Waals surface area (Å²) in [5.74, 6) is 0.239. The molecule has 0 saturated carbocycles. The number of rotatable bonds is 4. The van der Waals surface area contributed by atoms with Crippen LogP contribution >= 0.6 is 0 Å². The largest absolute Gasteiger partial charge is 0.495 e. The van der Waals surface area contributed by atoms with E-state index in [0.29, 0.717) is 17.0 Å². The molecule has 1 rings (SSSR count). The van der Waals surface area contributed by atoms with Crippen LogP contribution in [0.5, 0.6) is 5.75 Å². The number of ether oxygens (including phenoxy) is 1. The number of hydrogen-bond donors (Lipinski definition) is 2. The van der Waals surface area contributed by atoms with Crippen molar-refractivity contribution in [3.8, 4) is 5.75 Å². The van der Waals surface area contributed by atoms with Crippen LogP contribution < -0.4 is 10.5 Å². The van der Waals surface area contributed by atoms with Gasteiger partial charge in [-0.3, -0.25) is 4.79 Å². The number of hydrogen-bond acceptors (Lipinski definition) is 4. The highest BCUT2D eigenvalue weighted by Crippen LogP contribution is 2.25. The fourth-order valence-electron chi connectivity index (χ4n) is 1.59. The predicted octanol–water partition coefficient (Wildman–Crippen LogP) is 0.730. The van der Waals surface area contributed by atoms with Crippen molar-refractivity contribution >= 4 is 11.6 Å². The molecule has 1 aromatic rings. The maximum absolute atomic E-state index is 12.0. The summed E-state index contributed by atoms with van der Waals surface area (Å²) in [4.78, 5) is 13.5. The van der Waals surface area contributed by atoms with Gasteiger partial charge in [0, 0.05) is 13.6 Å². The van der Waals surface area contributed by atoms with E-state index in [1.165, 1.54) is 12.0 Å². The molecular weight excluding hydrogens is 220 g/mol. The second-order valence-corrected chi connectivity index (χ2v) is 3.96. The average molecular weight is 238 g/mol. The number of nitrogen functional groups attached to an aromatic ring is 1. The van der Waals surface area contributed by atoms with Crippen LogP contribution in [0.4, 0.5) is 5.69 Å². The molecular formula is C12H18N2O3. The Morgan fingerprint density at radius 1 is 1.59 bits per heavy atom. The number of nitrogens with two attached hydrogens (primary N) is 1. The number of benzene rings is 1. The van der Waals surface area contributed by atoms with Crippen molar-refractivity contribution in [1.82, 2.24) is 4.90 Å². The molecule has 0 aliphatic rings. The Labute approximate surface area is 101 Å². The Kier molecular flexibility index (Phi) is 4.34. The predicted molar refractivity (Wildman–Crippen MR) is 66.0 cm³/mol. The lowest BCUT2D eigenvalue weighted by atomic mass is 10.1. The minimum absolute atomic E-state index is 0.234. The Hall–Kier alpha value is -1.75. The zero-order valence-corrected chi connectivity index (χ0v) is 10.3. The molecule has 0 bridgehead atoms. The molecule has 0 radical (unpaired) electrons. The monoisotopic (exact) mass is 238 g/mol. The number of aliphatic hydroxyl groups is 1. The van der Waals surface area contributed by atoms with E-state index in [1.807, 2.05) is 0 Å². The quantitative estimate of drug-likeness (QED) is 0.758. The van der Waals surface area contributed by atoms with E-state index in [1.54, 1.807) is 32.2 Å². The molecule has 0 heterocycles. The first-order valence-corrected chi connectivity index (χ1v) is 5.33. The molecule has 94 valence electrons. The van der Waals surface area contributed by atoms with Crippen molar-refractivity contribution < 1.29 is 14.6 Å². The summed E-state index contributed by atoms with van der Waals surface area (Å²) in [7, 11) is 3.12. The number of likely N-dealkylation sites (N-methyl/N-ethyl adjacent to an activating group) is 1. The van der Waals surface area contributed by atoms with Crippen molar-refractivity contribution in [2.45, 2.75) is 13.0 Å². The fourth-order valence-corrected chi connectivity index (χ4v) is 1.59. The standard InChI is InChI=1S/C12H18N2O3/c1-8(15)7-14(2)12(16)9-5-4-6-10(17-3)11(9)13/h4-6,8,15H,7,13H2,1-3H3. The molecule has 0 spiro atoms. The molecule has 0 aromatic heterocycles. The van der Waals surface area contributed by atoms with Gasteiger partial charge >= 0.3 is 0 Å². The molecule has 0 aliphatic carbocycles. The van der Waals surface area contributed by atoms with Gasteiger partial charge < -0.3 is 20.5 Å². The fraction of sp³-hybridized carbons (Fsp3) is 0.417. The first kappa shape index (κ1) is 13.3. The molecule has 17 heavy (non-hydrogen) atoms. The topological polar surface area (TPSA) is 75.8 Å². The van der Waals surface area contributed by atoms with Gasteiger partial charge in [-0.25, -0.2) is 0 Å². The summed E-state index contributed by atoms with van der Waals surface area (Å²) in [5, 5.41) is 9.24. The van der Waals surface area contributed by atoms with E-state index < -0.39 is 6.10 Å². The van der Waals surface area contributed by atoms with Crippen LogP contribution in [-0.2, 0) is 0 Å². The summed E-state index contributed by atoms with van der Waals surface area (Å²) in [6, 6.07) is 5.04. The third-order valence-electron chi connectivity index (χ3n) is 2.40. The maximum atomic E-state index is 12.0. The molecule has 3 N–H and O–H groups in total. The molecule has 1 amide bonds. The molecule has 5 heteroatoms. The molecule has 1 atom stereocenters. The number of aliphatic hydroxyl groups excluding tert-OH is 1. The maximum Gasteiger partial charge on any atom is 0.255 e. The number of methoxy groups -OCH3 is 1. The molecule has 1 aromatic carbocycles. The van der Waals surface area contributed by atoms with Gasteiger partial charge in [0.05, 0.1) is 24.5 Å². The van der Waals surface area contributed by atoms with Gasteiger partial charge in [-0.1, -0.05) is 6.07 Å². The molecule has 0 fully saturated rings. The van der Waals surface area contributed by atoms with Gasteiger partial charge in [-0.05, 0) is 19.1 Å². The summed E-state index contributed by atoms with van der Waals surface area (Å²) >= 11 is 0. The summed E-state index contributed by atoms with van der Waals surface area (Å²) in [6.07, 6.45) is -0.573. The van der Waals surface area contributed by atoms with Crippen LogP contribution in [0.25, 0.3) is 0 Å². The van der Waals surface area contributed by atoms with E-state index in [2.05, 4.69) is 0 Å². The Morgan fingerprint density at radius 3 is 2.76 bits per heavy atom. The van der Waals surface area contributed by atoms with Crippen LogP contribution in [-0.4, -0.2) is 42.7 Å². The van der Waals surface area contributed by atoms with E-state index in [0.717, 1.165) is 0 Å². The third-order valence-corrected chi connectivity index (χ3v) is 2.40. The van der Waals surface area contributed by atoms with Gasteiger partial charge in [0.2, 0.25) is 0 Å². The van der Waals surface area contributed by atoms with Gasteiger partial charge in [-0.15, -0.1) is 0 Å². The number of amides is 1. The zero-order valence-electron chi connectivity index (χ0n) is 10.3. The van der Waals surface area contributed by atoms with Crippen LogP contribution in [0.3, 0.4) is 0 Å². The van der Waals surface area contributed by atoms with Crippen LogP contribution in [0.2, 0.25) is 0 Å². The highest BCUT2D eigenvalue weighted by atomic mass is 16.5. The second kappa shape index (κ2) is 5.54. The van der Waals surface area contributed by atoms with Gasteiger partial charge in [0.25, 0.3) is 5.91 Å². The lowest BCUT2D eigenvalue weighted by Crippen LogP contribution is -2.33. The minimum atomic E-state index is -0.573. The van der Waals surface area contributed by atoms with Gasteiger partial charge in [-0.2, -0.15) is 0 Å². The smallest absolute Gasteiger partial charge is 0.255 e. The van der Waals surface area contributed by atoms with Gasteiger partial charge in [0.1, 0.15) is 5.75 Å². The first-order valence-electron chi connectivity index (χ1n) is 5.33. The van der Waals surface area contributed by atoms with Crippen LogP contribution in [0.1, 0.15) is 17.3 Å². The summed E-state index contributed by atoms with van der Waals surface area (Å²) in [5.41, 5.74) is 6.53. The van der Waals surface area contributed by atoms with E-state index in [4.69, 9.17) is 10.5 Å². The number of anilines is 1. The summed E-state index contributed by atoms with van der Waals surface area (Å²) in [6.45, 7) is 1.88. The van der Waals surface area contributed by atoms with Crippen molar-refractivity contribution in [2.24, 2.45) is 0 Å². The third kappa shape index (κ3) is 3.10. The first-order chi connectivity index (χ1) is 7.97. The number of nitrogens with zero attached hydrogens (tertiary/aromatic N) is 1. The number of carbonyl (C=O) groups is 1. The second-order valence-electron chi connectivity index (χ2n) is 3.96. The average Bonchev–Trinajstić information content (AvgIpc) is 2.27. The molecule has 0 aliphatic heterocycles. The highest BCUT2D eigenvalue weighted by Gasteiger charge is 2.17. The minimum Gasteiger partial charge on any atom is -0.495 e. The van der Waals surface area contributed by atoms with Crippen LogP contribution in [0.15, 0.2) is 18.2 Å². The van der Waals surface area contributed by atoms with Crippen molar-refractivity contribution in [3.05, 3.63) is 23.8 Å². The Morgan fingerprint density at radius 2 is 2.24 bits per heavy atom. The Bertz CT molecular complexity index is 405.